The summed E-state index contributed by atoms with van der Waals surface area (Å²) in [6.45, 7) is 1.78. The zero-order valence-corrected chi connectivity index (χ0v) is 13.1. The number of rotatable bonds is 3. The van der Waals surface area contributed by atoms with Crippen LogP contribution in [0.4, 0.5) is 0 Å². The van der Waals surface area contributed by atoms with Gasteiger partial charge in [-0.15, -0.1) is 11.3 Å². The molecule has 0 N–H and O–H groups in total. The molecule has 0 saturated carbocycles. The lowest BCUT2D eigenvalue weighted by Crippen LogP contribution is -2.16. The van der Waals surface area contributed by atoms with E-state index in [0.29, 0.717) is 21.2 Å². The number of ether oxygens (including phenoxy) is 1. The molecule has 112 valence electrons. The van der Waals surface area contributed by atoms with E-state index < -0.39 is 5.97 Å². The van der Waals surface area contributed by atoms with Crippen molar-refractivity contribution in [3.05, 3.63) is 68.0 Å². The van der Waals surface area contributed by atoms with Crippen molar-refractivity contribution < 1.29 is 9.53 Å². The van der Waals surface area contributed by atoms with E-state index in [-0.39, 0.29) is 12.2 Å². The number of benzene rings is 1. The molecule has 0 spiro atoms. The molecule has 2 heterocycles. The lowest BCUT2D eigenvalue weighted by molar-refractivity contribution is 0.0468. The molecule has 3 aromatic rings. The van der Waals surface area contributed by atoms with Gasteiger partial charge in [0.25, 0.3) is 5.56 Å². The summed E-state index contributed by atoms with van der Waals surface area (Å²) >= 11 is 7.20. The molecule has 0 aliphatic rings. The molecule has 5 nitrogen and oxygen atoms in total. The summed E-state index contributed by atoms with van der Waals surface area (Å²) in [4.78, 5) is 28.8. The van der Waals surface area contributed by atoms with Crippen molar-refractivity contribution in [2.75, 3.05) is 0 Å². The first-order chi connectivity index (χ1) is 10.5. The number of thiazole rings is 1. The number of aryl methyl sites for hydroxylation is 1. The van der Waals surface area contributed by atoms with Crippen LogP contribution in [-0.4, -0.2) is 15.4 Å². The molecule has 0 bridgehead atoms. The van der Waals surface area contributed by atoms with E-state index >= 15 is 0 Å². The summed E-state index contributed by atoms with van der Waals surface area (Å²) in [5.41, 5.74) is 1.43. The molecule has 0 fully saturated rings. The Balaban J connectivity index is 1.79. The SMILES string of the molecule is Cc1csc2nc(COC(=O)c3cccc(Cl)c3)cc(=O)n12. The highest BCUT2D eigenvalue weighted by atomic mass is 35.5. The average molecular weight is 335 g/mol. The van der Waals surface area contributed by atoms with Gasteiger partial charge in [-0.05, 0) is 25.1 Å². The Labute approximate surface area is 134 Å². The van der Waals surface area contributed by atoms with Crippen LogP contribution in [0.25, 0.3) is 4.96 Å². The van der Waals surface area contributed by atoms with Crippen LogP contribution in [0, 0.1) is 6.92 Å². The van der Waals surface area contributed by atoms with Gasteiger partial charge in [-0.25, -0.2) is 9.78 Å². The summed E-state index contributed by atoms with van der Waals surface area (Å²) in [7, 11) is 0. The van der Waals surface area contributed by atoms with E-state index in [1.807, 2.05) is 12.3 Å². The number of hydrogen-bond donors (Lipinski definition) is 0. The molecule has 1 aromatic carbocycles. The molecule has 2 aromatic heterocycles. The maximum absolute atomic E-state index is 12.0. The van der Waals surface area contributed by atoms with Gasteiger partial charge in [-0.2, -0.15) is 0 Å². The van der Waals surface area contributed by atoms with Gasteiger partial charge in [0.15, 0.2) is 4.96 Å². The predicted molar refractivity (Wildman–Crippen MR) is 84.6 cm³/mol. The molecule has 0 aliphatic carbocycles. The zero-order chi connectivity index (χ0) is 15.7. The third-order valence-electron chi connectivity index (χ3n) is 3.04. The molecular weight excluding hydrogens is 324 g/mol. The summed E-state index contributed by atoms with van der Waals surface area (Å²) in [6, 6.07) is 7.86. The topological polar surface area (TPSA) is 60.7 Å². The molecule has 7 heteroatoms. The third kappa shape index (κ3) is 2.88. The second-order valence-electron chi connectivity index (χ2n) is 4.67. The molecular formula is C15H11ClN2O3S. The van der Waals surface area contributed by atoms with Crippen molar-refractivity contribution in [3.8, 4) is 0 Å². The van der Waals surface area contributed by atoms with Gasteiger partial charge >= 0.3 is 5.97 Å². The van der Waals surface area contributed by atoms with Crippen molar-refractivity contribution >= 4 is 33.9 Å². The first-order valence-electron chi connectivity index (χ1n) is 6.44. The first kappa shape index (κ1) is 14.7. The summed E-state index contributed by atoms with van der Waals surface area (Å²) in [6.07, 6.45) is 0. The number of aromatic nitrogens is 2. The van der Waals surface area contributed by atoms with E-state index in [1.54, 1.807) is 18.2 Å². The molecule has 0 unspecified atom stereocenters. The minimum Gasteiger partial charge on any atom is -0.456 e. The fourth-order valence-corrected chi connectivity index (χ4v) is 3.09. The summed E-state index contributed by atoms with van der Waals surface area (Å²) in [5.74, 6) is -0.508. The van der Waals surface area contributed by atoms with Crippen molar-refractivity contribution in [1.82, 2.24) is 9.38 Å². The lowest BCUT2D eigenvalue weighted by Gasteiger charge is -2.05. The normalized spacial score (nSPS) is 10.8. The number of hydrogen-bond acceptors (Lipinski definition) is 5. The quantitative estimate of drug-likeness (QED) is 0.691. The van der Waals surface area contributed by atoms with Gasteiger partial charge in [0, 0.05) is 22.2 Å². The van der Waals surface area contributed by atoms with E-state index in [9.17, 15) is 9.59 Å². The van der Waals surface area contributed by atoms with E-state index in [2.05, 4.69) is 4.98 Å². The average Bonchev–Trinajstić information content (AvgIpc) is 2.86. The maximum atomic E-state index is 12.0. The predicted octanol–water partition coefficient (Wildman–Crippen LogP) is 3.07. The monoisotopic (exact) mass is 334 g/mol. The highest BCUT2D eigenvalue weighted by Gasteiger charge is 2.10. The smallest absolute Gasteiger partial charge is 0.338 e. The Kier molecular flexibility index (Phi) is 3.96. The number of carbonyl (C=O) groups excluding carboxylic acids is 1. The fraction of sp³-hybridized carbons (Fsp3) is 0.133. The minimum atomic E-state index is -0.508. The number of carbonyl (C=O) groups is 1. The number of esters is 1. The van der Waals surface area contributed by atoms with Gasteiger partial charge in [-0.3, -0.25) is 9.20 Å². The van der Waals surface area contributed by atoms with Gasteiger partial charge in [0.2, 0.25) is 0 Å². The molecule has 22 heavy (non-hydrogen) atoms. The largest absolute Gasteiger partial charge is 0.456 e. The van der Waals surface area contributed by atoms with Crippen LogP contribution in [0.15, 0.2) is 40.5 Å². The molecule has 0 atom stereocenters. The Morgan fingerprint density at radius 3 is 3.00 bits per heavy atom. The standard InChI is InChI=1S/C15H11ClN2O3S/c1-9-8-22-15-17-12(6-13(19)18(9)15)7-21-14(20)10-3-2-4-11(16)5-10/h2-6,8H,7H2,1H3. The van der Waals surface area contributed by atoms with Gasteiger partial charge in [-0.1, -0.05) is 17.7 Å². The van der Waals surface area contributed by atoms with Crippen molar-refractivity contribution in [3.63, 3.8) is 0 Å². The van der Waals surface area contributed by atoms with Crippen LogP contribution in [0.1, 0.15) is 21.7 Å². The van der Waals surface area contributed by atoms with E-state index in [1.165, 1.54) is 27.9 Å². The third-order valence-corrected chi connectivity index (χ3v) is 4.22. The van der Waals surface area contributed by atoms with Crippen LogP contribution >= 0.6 is 22.9 Å². The van der Waals surface area contributed by atoms with E-state index in [0.717, 1.165) is 5.69 Å². The number of halogens is 1. The van der Waals surface area contributed by atoms with Crippen molar-refractivity contribution in [2.24, 2.45) is 0 Å². The fourth-order valence-electron chi connectivity index (χ4n) is 2.01. The Hall–Kier alpha value is -2.18. The lowest BCUT2D eigenvalue weighted by atomic mass is 10.2. The van der Waals surface area contributed by atoms with Crippen molar-refractivity contribution in [2.45, 2.75) is 13.5 Å². The van der Waals surface area contributed by atoms with Gasteiger partial charge in [0.1, 0.15) is 6.61 Å². The Morgan fingerprint density at radius 2 is 2.23 bits per heavy atom. The van der Waals surface area contributed by atoms with Gasteiger partial charge in [0.05, 0.1) is 11.3 Å². The Morgan fingerprint density at radius 1 is 1.41 bits per heavy atom. The maximum Gasteiger partial charge on any atom is 0.338 e. The number of fused-ring (bicyclic) bond motifs is 1. The molecule has 0 amide bonds. The molecule has 0 radical (unpaired) electrons. The van der Waals surface area contributed by atoms with Crippen LogP contribution < -0.4 is 5.56 Å². The zero-order valence-electron chi connectivity index (χ0n) is 11.6. The highest BCUT2D eigenvalue weighted by molar-refractivity contribution is 7.15. The number of nitrogens with zero attached hydrogens (tertiary/aromatic N) is 2. The van der Waals surface area contributed by atoms with E-state index in [4.69, 9.17) is 16.3 Å². The summed E-state index contributed by atoms with van der Waals surface area (Å²) in [5, 5.41) is 2.31. The minimum absolute atomic E-state index is 0.0615. The molecule has 3 rings (SSSR count). The second-order valence-corrected chi connectivity index (χ2v) is 5.94. The molecule has 0 saturated heterocycles. The van der Waals surface area contributed by atoms with Crippen LogP contribution in [0.3, 0.4) is 0 Å². The highest BCUT2D eigenvalue weighted by Crippen LogP contribution is 2.14. The Bertz CT molecular complexity index is 917. The van der Waals surface area contributed by atoms with Crippen LogP contribution in [0.5, 0.6) is 0 Å². The van der Waals surface area contributed by atoms with Crippen LogP contribution in [0.2, 0.25) is 5.02 Å². The summed E-state index contributed by atoms with van der Waals surface area (Å²) < 4.78 is 6.70. The molecule has 0 aliphatic heterocycles. The van der Waals surface area contributed by atoms with Crippen LogP contribution in [-0.2, 0) is 11.3 Å². The van der Waals surface area contributed by atoms with Gasteiger partial charge < -0.3 is 4.74 Å². The first-order valence-corrected chi connectivity index (χ1v) is 7.70. The van der Waals surface area contributed by atoms with Crippen molar-refractivity contribution in [1.29, 1.82) is 0 Å². The second kappa shape index (κ2) is 5.90.